The monoisotopic (exact) mass is 388 g/mol. The third kappa shape index (κ3) is 4.91. The number of carbonyl (C=O) groups excluding carboxylic acids is 1. The molecule has 0 saturated carbocycles. The highest BCUT2D eigenvalue weighted by Gasteiger charge is 2.25. The number of fused-ring (bicyclic) bond motifs is 1. The average Bonchev–Trinajstić information content (AvgIpc) is 2.74. The lowest BCUT2D eigenvalue weighted by Crippen LogP contribution is -2.17. The Labute approximate surface area is 170 Å². The number of hydrogen-bond acceptors (Lipinski definition) is 5. The summed E-state index contributed by atoms with van der Waals surface area (Å²) in [6.07, 6.45) is 0.689. The molecular weight excluding hydrogens is 364 g/mol. The van der Waals surface area contributed by atoms with Gasteiger partial charge < -0.3 is 9.47 Å². The fourth-order valence-electron chi connectivity index (χ4n) is 3.34. The van der Waals surface area contributed by atoms with Gasteiger partial charge in [0.2, 0.25) is 0 Å². The first-order valence-electron chi connectivity index (χ1n) is 9.74. The Balaban J connectivity index is 1.94. The van der Waals surface area contributed by atoms with Crippen LogP contribution < -0.4 is 4.74 Å². The third-order valence-corrected chi connectivity index (χ3v) is 4.77. The molecule has 0 saturated heterocycles. The van der Waals surface area contributed by atoms with Crippen molar-refractivity contribution in [2.24, 2.45) is 0 Å². The van der Waals surface area contributed by atoms with Crippen molar-refractivity contribution in [2.75, 3.05) is 6.61 Å². The van der Waals surface area contributed by atoms with E-state index in [1.807, 2.05) is 61.5 Å². The number of rotatable bonds is 8. The lowest BCUT2D eigenvalue weighted by atomic mass is 9.92. The van der Waals surface area contributed by atoms with Crippen molar-refractivity contribution in [2.45, 2.75) is 39.2 Å². The van der Waals surface area contributed by atoms with E-state index in [4.69, 9.17) is 19.7 Å². The van der Waals surface area contributed by atoms with Gasteiger partial charge in [-0.25, -0.2) is 4.98 Å². The summed E-state index contributed by atoms with van der Waals surface area (Å²) in [5.74, 6) is -0.116. The SMILES string of the molecule is CCOC(=O)C(CCC#N)c1cc2cccc(OCc3ccccc3)c2nc1C. The molecule has 0 bridgehead atoms. The molecule has 0 N–H and O–H groups in total. The van der Waals surface area contributed by atoms with Crippen molar-refractivity contribution in [3.63, 3.8) is 0 Å². The highest BCUT2D eigenvalue weighted by Crippen LogP contribution is 2.31. The van der Waals surface area contributed by atoms with Crippen LogP contribution in [0.5, 0.6) is 5.75 Å². The van der Waals surface area contributed by atoms with Crippen LogP contribution in [0.15, 0.2) is 54.6 Å². The maximum atomic E-state index is 12.5. The van der Waals surface area contributed by atoms with Crippen molar-refractivity contribution in [3.05, 3.63) is 71.4 Å². The van der Waals surface area contributed by atoms with Gasteiger partial charge in [-0.05, 0) is 43.5 Å². The van der Waals surface area contributed by atoms with Gasteiger partial charge in [0.05, 0.1) is 18.6 Å². The average molecular weight is 388 g/mol. The van der Waals surface area contributed by atoms with Crippen LogP contribution in [0.4, 0.5) is 0 Å². The molecule has 5 nitrogen and oxygen atoms in total. The van der Waals surface area contributed by atoms with E-state index < -0.39 is 5.92 Å². The molecule has 1 unspecified atom stereocenters. The van der Waals surface area contributed by atoms with E-state index in [9.17, 15) is 4.79 Å². The second kappa shape index (κ2) is 9.70. The minimum Gasteiger partial charge on any atom is -0.487 e. The lowest BCUT2D eigenvalue weighted by Gasteiger charge is -2.18. The Morgan fingerprint density at radius 3 is 2.69 bits per heavy atom. The van der Waals surface area contributed by atoms with Gasteiger partial charge in [-0.15, -0.1) is 0 Å². The van der Waals surface area contributed by atoms with Crippen molar-refractivity contribution in [1.29, 1.82) is 5.26 Å². The molecule has 148 valence electrons. The highest BCUT2D eigenvalue weighted by molar-refractivity contribution is 5.87. The van der Waals surface area contributed by atoms with Gasteiger partial charge in [-0.3, -0.25) is 4.79 Å². The van der Waals surface area contributed by atoms with Gasteiger partial charge in [-0.1, -0.05) is 42.5 Å². The summed E-state index contributed by atoms with van der Waals surface area (Å²) in [6, 6.07) is 19.8. The van der Waals surface area contributed by atoms with E-state index in [0.717, 1.165) is 27.7 Å². The summed E-state index contributed by atoms with van der Waals surface area (Å²) in [6.45, 7) is 4.41. The molecule has 3 rings (SSSR count). The first-order valence-corrected chi connectivity index (χ1v) is 9.74. The Hall–Kier alpha value is -3.39. The van der Waals surface area contributed by atoms with Crippen LogP contribution in [0.1, 0.15) is 42.5 Å². The summed E-state index contributed by atoms with van der Waals surface area (Å²) in [7, 11) is 0. The number of benzene rings is 2. The molecule has 2 aromatic carbocycles. The molecule has 0 radical (unpaired) electrons. The van der Waals surface area contributed by atoms with E-state index in [-0.39, 0.29) is 12.4 Å². The van der Waals surface area contributed by atoms with E-state index in [1.54, 1.807) is 6.92 Å². The molecule has 0 spiro atoms. The Bertz CT molecular complexity index is 1030. The molecule has 1 aromatic heterocycles. The topological polar surface area (TPSA) is 72.2 Å². The second-order valence-electron chi connectivity index (χ2n) is 6.77. The van der Waals surface area contributed by atoms with Gasteiger partial charge in [0.25, 0.3) is 0 Å². The minimum absolute atomic E-state index is 0.279. The van der Waals surface area contributed by atoms with Crippen LogP contribution in [0.2, 0.25) is 0 Å². The molecule has 5 heteroatoms. The third-order valence-electron chi connectivity index (χ3n) is 4.77. The maximum absolute atomic E-state index is 12.5. The largest absolute Gasteiger partial charge is 0.487 e. The quantitative estimate of drug-likeness (QED) is 0.504. The predicted molar refractivity (Wildman–Crippen MR) is 111 cm³/mol. The number of nitrogens with zero attached hydrogens (tertiary/aromatic N) is 2. The van der Waals surface area contributed by atoms with Crippen LogP contribution in [-0.4, -0.2) is 17.6 Å². The molecule has 3 aromatic rings. The fourth-order valence-corrected chi connectivity index (χ4v) is 3.34. The molecule has 0 fully saturated rings. The first-order chi connectivity index (χ1) is 14.1. The molecule has 0 amide bonds. The Kier molecular flexibility index (Phi) is 6.80. The molecule has 0 aliphatic heterocycles. The molecule has 0 aliphatic rings. The molecule has 0 aliphatic carbocycles. The van der Waals surface area contributed by atoms with Crippen LogP contribution in [0.3, 0.4) is 0 Å². The summed E-state index contributed by atoms with van der Waals surface area (Å²) in [5, 5.41) is 9.86. The van der Waals surface area contributed by atoms with Gasteiger partial charge >= 0.3 is 5.97 Å². The lowest BCUT2D eigenvalue weighted by molar-refractivity contribution is -0.145. The number of esters is 1. The number of hydrogen-bond donors (Lipinski definition) is 0. The normalized spacial score (nSPS) is 11.6. The minimum atomic E-state index is -0.500. The maximum Gasteiger partial charge on any atom is 0.313 e. The van der Waals surface area contributed by atoms with Crippen LogP contribution in [0.25, 0.3) is 10.9 Å². The zero-order valence-electron chi connectivity index (χ0n) is 16.7. The number of nitriles is 1. The number of aromatic nitrogens is 1. The predicted octanol–water partition coefficient (Wildman–Crippen LogP) is 5.07. The Morgan fingerprint density at radius 1 is 1.17 bits per heavy atom. The number of carbonyl (C=O) groups is 1. The van der Waals surface area contributed by atoms with Gasteiger partial charge in [0, 0.05) is 17.5 Å². The zero-order chi connectivity index (χ0) is 20.6. The summed E-state index contributed by atoms with van der Waals surface area (Å²) >= 11 is 0. The molecular formula is C24H24N2O3. The fraction of sp³-hybridized carbons (Fsp3) is 0.292. The van der Waals surface area contributed by atoms with Gasteiger partial charge in [0.15, 0.2) is 0 Å². The molecule has 1 heterocycles. The number of para-hydroxylation sites is 1. The van der Waals surface area contributed by atoms with Crippen LogP contribution in [-0.2, 0) is 16.1 Å². The van der Waals surface area contributed by atoms with Gasteiger partial charge in [0.1, 0.15) is 17.9 Å². The van der Waals surface area contributed by atoms with E-state index in [0.29, 0.717) is 25.4 Å². The van der Waals surface area contributed by atoms with Crippen molar-refractivity contribution >= 4 is 16.9 Å². The molecule has 29 heavy (non-hydrogen) atoms. The number of ether oxygens (including phenoxy) is 2. The Morgan fingerprint density at radius 2 is 1.97 bits per heavy atom. The van der Waals surface area contributed by atoms with E-state index in [1.165, 1.54) is 0 Å². The van der Waals surface area contributed by atoms with Crippen LogP contribution in [0, 0.1) is 18.3 Å². The van der Waals surface area contributed by atoms with E-state index >= 15 is 0 Å². The van der Waals surface area contributed by atoms with Crippen molar-refractivity contribution in [1.82, 2.24) is 4.98 Å². The first kappa shape index (κ1) is 20.3. The van der Waals surface area contributed by atoms with Crippen molar-refractivity contribution in [3.8, 4) is 11.8 Å². The highest BCUT2D eigenvalue weighted by atomic mass is 16.5. The molecule has 1 atom stereocenters. The van der Waals surface area contributed by atoms with E-state index in [2.05, 4.69) is 6.07 Å². The standard InChI is InChI=1S/C24H24N2O3/c1-3-28-24(27)20(12-8-14-25)21-15-19-11-7-13-22(23(19)26-17(21)2)29-16-18-9-5-4-6-10-18/h4-7,9-11,13,15,20H,3,8,12,16H2,1-2H3. The number of aryl methyl sites for hydroxylation is 1. The van der Waals surface area contributed by atoms with Crippen molar-refractivity contribution < 1.29 is 14.3 Å². The van der Waals surface area contributed by atoms with Crippen LogP contribution >= 0.6 is 0 Å². The summed E-state index contributed by atoms with van der Waals surface area (Å²) < 4.78 is 11.2. The zero-order valence-corrected chi connectivity index (χ0v) is 16.7. The summed E-state index contributed by atoms with van der Waals surface area (Å²) in [5.41, 5.74) is 3.37. The number of pyridine rings is 1. The summed E-state index contributed by atoms with van der Waals surface area (Å²) in [4.78, 5) is 17.2. The smallest absolute Gasteiger partial charge is 0.313 e. The van der Waals surface area contributed by atoms with Gasteiger partial charge in [-0.2, -0.15) is 5.26 Å². The second-order valence-corrected chi connectivity index (χ2v) is 6.77.